The second kappa shape index (κ2) is 5.53. The summed E-state index contributed by atoms with van der Waals surface area (Å²) in [6, 6.07) is 7.97. The number of rotatable bonds is 4. The first-order chi connectivity index (χ1) is 8.73. The zero-order valence-electron chi connectivity index (χ0n) is 11.2. The number of carbonyl (C=O) groups excluding carboxylic acids is 1. The van der Waals surface area contributed by atoms with Gasteiger partial charge in [-0.1, -0.05) is 19.1 Å². The molecular weight excluding hydrogens is 226 g/mol. The molecule has 18 heavy (non-hydrogen) atoms. The summed E-state index contributed by atoms with van der Waals surface area (Å²) in [6.45, 7) is 3.76. The molecule has 3 heteroatoms. The lowest BCUT2D eigenvalue weighted by Crippen LogP contribution is -2.45. The Balaban J connectivity index is 2.41. The van der Waals surface area contributed by atoms with Gasteiger partial charge in [0.05, 0.1) is 12.5 Å². The number of Topliss-reactive ketones (excluding diaryl/α,β-unsaturated/α-hetero) is 1. The summed E-state index contributed by atoms with van der Waals surface area (Å²) in [5.74, 6) is 1.17. The molecule has 0 saturated carbocycles. The molecule has 98 valence electrons. The molecule has 1 aliphatic rings. The van der Waals surface area contributed by atoms with Gasteiger partial charge in [0.15, 0.2) is 0 Å². The van der Waals surface area contributed by atoms with Crippen molar-refractivity contribution in [2.75, 3.05) is 20.2 Å². The lowest BCUT2D eigenvalue weighted by molar-refractivity contribution is -0.125. The average Bonchev–Trinajstić information content (AvgIpc) is 2.47. The minimum Gasteiger partial charge on any atom is -0.497 e. The van der Waals surface area contributed by atoms with Crippen molar-refractivity contribution in [3.63, 3.8) is 0 Å². The Labute approximate surface area is 109 Å². The highest BCUT2D eigenvalue weighted by molar-refractivity contribution is 5.90. The predicted octanol–water partition coefficient (Wildman–Crippen LogP) is 2.30. The molecular formula is C15H21NO2. The van der Waals surface area contributed by atoms with Crippen LogP contribution in [0.15, 0.2) is 24.3 Å². The van der Waals surface area contributed by atoms with Crippen molar-refractivity contribution in [2.24, 2.45) is 0 Å². The van der Waals surface area contributed by atoms with Crippen molar-refractivity contribution in [3.05, 3.63) is 29.8 Å². The Bertz CT molecular complexity index is 422. The van der Waals surface area contributed by atoms with Crippen molar-refractivity contribution in [3.8, 4) is 5.75 Å². The Morgan fingerprint density at radius 2 is 2.11 bits per heavy atom. The van der Waals surface area contributed by atoms with Crippen molar-refractivity contribution in [1.29, 1.82) is 0 Å². The molecule has 0 radical (unpaired) electrons. The normalized spacial score (nSPS) is 18.3. The number of hydrogen-bond acceptors (Lipinski definition) is 3. The molecule has 2 rings (SSSR count). The van der Waals surface area contributed by atoms with Crippen LogP contribution in [0.5, 0.6) is 5.75 Å². The van der Waals surface area contributed by atoms with Crippen LogP contribution in [0.2, 0.25) is 0 Å². The minimum absolute atomic E-state index is 0.311. The smallest absolute Gasteiger partial charge is 0.143 e. The number of ether oxygens (including phenoxy) is 1. The van der Waals surface area contributed by atoms with Crippen molar-refractivity contribution in [2.45, 2.75) is 31.6 Å². The van der Waals surface area contributed by atoms with Gasteiger partial charge < -0.3 is 10.1 Å². The van der Waals surface area contributed by atoms with E-state index in [1.165, 1.54) is 0 Å². The molecule has 1 saturated heterocycles. The van der Waals surface area contributed by atoms with Crippen molar-refractivity contribution >= 4 is 5.78 Å². The topological polar surface area (TPSA) is 38.3 Å². The van der Waals surface area contributed by atoms with Gasteiger partial charge in [0, 0.05) is 6.42 Å². The van der Waals surface area contributed by atoms with E-state index in [9.17, 15) is 4.79 Å². The Morgan fingerprint density at radius 3 is 2.72 bits per heavy atom. The summed E-state index contributed by atoms with van der Waals surface area (Å²) in [7, 11) is 1.66. The first-order valence-electron chi connectivity index (χ1n) is 6.61. The van der Waals surface area contributed by atoms with Gasteiger partial charge in [-0.25, -0.2) is 0 Å². The maximum atomic E-state index is 12.4. The Hall–Kier alpha value is -1.35. The molecule has 0 aliphatic carbocycles. The van der Waals surface area contributed by atoms with Crippen LogP contribution >= 0.6 is 0 Å². The molecule has 0 unspecified atom stereocenters. The molecule has 1 fully saturated rings. The highest BCUT2D eigenvalue weighted by atomic mass is 16.5. The summed E-state index contributed by atoms with van der Waals surface area (Å²) in [5.41, 5.74) is 0.796. The van der Waals surface area contributed by atoms with Gasteiger partial charge in [-0.15, -0.1) is 0 Å². The molecule has 1 heterocycles. The molecule has 1 aromatic rings. The molecule has 0 bridgehead atoms. The fraction of sp³-hybridized carbons (Fsp3) is 0.533. The summed E-state index contributed by atoms with van der Waals surface area (Å²) in [5, 5.41) is 3.33. The standard InChI is InChI=1S/C15H21NO2/c1-3-14(17)15(7-9-16-10-8-15)12-5-4-6-13(11-12)18-2/h4-6,11,16H,3,7-10H2,1-2H3. The van der Waals surface area contributed by atoms with E-state index in [1.54, 1.807) is 7.11 Å². The zero-order valence-corrected chi connectivity index (χ0v) is 11.2. The summed E-state index contributed by atoms with van der Waals surface area (Å²) >= 11 is 0. The van der Waals surface area contributed by atoms with Gasteiger partial charge in [-0.05, 0) is 43.6 Å². The van der Waals surface area contributed by atoms with E-state index >= 15 is 0 Å². The van der Waals surface area contributed by atoms with E-state index in [0.29, 0.717) is 12.2 Å². The van der Waals surface area contributed by atoms with Crippen LogP contribution in [0.4, 0.5) is 0 Å². The number of piperidine rings is 1. The van der Waals surface area contributed by atoms with E-state index in [-0.39, 0.29) is 5.41 Å². The molecule has 0 aromatic heterocycles. The third-order valence-corrected chi connectivity index (χ3v) is 3.93. The summed E-state index contributed by atoms with van der Waals surface area (Å²) in [6.07, 6.45) is 2.36. The number of hydrogen-bond donors (Lipinski definition) is 1. The van der Waals surface area contributed by atoms with Gasteiger partial charge >= 0.3 is 0 Å². The van der Waals surface area contributed by atoms with Crippen molar-refractivity contribution < 1.29 is 9.53 Å². The van der Waals surface area contributed by atoms with E-state index in [4.69, 9.17) is 4.74 Å². The van der Waals surface area contributed by atoms with Gasteiger partial charge in [-0.3, -0.25) is 4.79 Å². The molecule has 1 aromatic carbocycles. The highest BCUT2D eigenvalue weighted by Gasteiger charge is 2.39. The maximum Gasteiger partial charge on any atom is 0.143 e. The SMILES string of the molecule is CCC(=O)C1(c2cccc(OC)c2)CCNCC1. The second-order valence-corrected chi connectivity index (χ2v) is 4.84. The molecule has 1 N–H and O–H groups in total. The van der Waals surface area contributed by atoms with Gasteiger partial charge in [0.25, 0.3) is 0 Å². The monoisotopic (exact) mass is 247 g/mol. The van der Waals surface area contributed by atoms with E-state index in [0.717, 1.165) is 37.2 Å². The molecule has 0 atom stereocenters. The predicted molar refractivity (Wildman–Crippen MR) is 72.1 cm³/mol. The number of nitrogens with one attached hydrogen (secondary N) is 1. The second-order valence-electron chi connectivity index (χ2n) is 4.84. The third kappa shape index (κ3) is 2.27. The minimum atomic E-state index is -0.311. The zero-order chi connectivity index (χ0) is 13.0. The van der Waals surface area contributed by atoms with Crippen LogP contribution in [0, 0.1) is 0 Å². The van der Waals surface area contributed by atoms with E-state index < -0.39 is 0 Å². The van der Waals surface area contributed by atoms with Crippen LogP contribution < -0.4 is 10.1 Å². The number of carbonyl (C=O) groups is 1. The Morgan fingerprint density at radius 1 is 1.39 bits per heavy atom. The molecule has 1 aliphatic heterocycles. The van der Waals surface area contributed by atoms with Crippen LogP contribution in [0.1, 0.15) is 31.7 Å². The fourth-order valence-corrected chi connectivity index (χ4v) is 2.84. The van der Waals surface area contributed by atoms with Gasteiger partial charge in [-0.2, -0.15) is 0 Å². The highest BCUT2D eigenvalue weighted by Crippen LogP contribution is 2.36. The van der Waals surface area contributed by atoms with Crippen molar-refractivity contribution in [1.82, 2.24) is 5.32 Å². The number of ketones is 1. The van der Waals surface area contributed by atoms with Gasteiger partial charge in [0.2, 0.25) is 0 Å². The average molecular weight is 247 g/mol. The molecule has 0 spiro atoms. The van der Waals surface area contributed by atoms with Gasteiger partial charge in [0.1, 0.15) is 11.5 Å². The number of benzene rings is 1. The molecule has 3 nitrogen and oxygen atoms in total. The van der Waals surface area contributed by atoms with E-state index in [1.807, 2.05) is 25.1 Å². The van der Waals surface area contributed by atoms with Crippen LogP contribution in [0.25, 0.3) is 0 Å². The Kier molecular flexibility index (Phi) is 4.02. The van der Waals surface area contributed by atoms with Crippen LogP contribution in [-0.2, 0) is 10.2 Å². The van der Waals surface area contributed by atoms with Crippen LogP contribution in [-0.4, -0.2) is 26.0 Å². The lowest BCUT2D eigenvalue weighted by Gasteiger charge is -2.36. The number of methoxy groups -OCH3 is 1. The summed E-state index contributed by atoms with van der Waals surface area (Å²) in [4.78, 5) is 12.4. The molecule has 0 amide bonds. The quantitative estimate of drug-likeness (QED) is 0.887. The first-order valence-corrected chi connectivity index (χ1v) is 6.61. The van der Waals surface area contributed by atoms with E-state index in [2.05, 4.69) is 11.4 Å². The lowest BCUT2D eigenvalue weighted by atomic mass is 9.69. The van der Waals surface area contributed by atoms with Crippen LogP contribution in [0.3, 0.4) is 0 Å². The summed E-state index contributed by atoms with van der Waals surface area (Å²) < 4.78 is 5.28. The first kappa shape index (κ1) is 13.1. The largest absolute Gasteiger partial charge is 0.497 e. The fourth-order valence-electron chi connectivity index (χ4n) is 2.84. The third-order valence-electron chi connectivity index (χ3n) is 3.93. The maximum absolute atomic E-state index is 12.4.